The van der Waals surface area contributed by atoms with Gasteiger partial charge in [-0.3, -0.25) is 5.41 Å². The van der Waals surface area contributed by atoms with E-state index in [4.69, 9.17) is 15.9 Å². The molecule has 0 unspecified atom stereocenters. The number of nitrogens with zero attached hydrogens (tertiary/aromatic N) is 1. The maximum absolute atomic E-state index is 7.49. The molecule has 4 heteroatoms. The summed E-state index contributed by atoms with van der Waals surface area (Å²) in [6.07, 6.45) is 3.66. The molecule has 0 aromatic carbocycles. The third-order valence-corrected chi connectivity index (χ3v) is 3.14. The second-order valence-electron chi connectivity index (χ2n) is 3.91. The number of hydrogen-bond acceptors (Lipinski definition) is 2. The summed E-state index contributed by atoms with van der Waals surface area (Å²) in [5.41, 5.74) is 5.55. The van der Waals surface area contributed by atoms with Crippen LogP contribution in [0.2, 0.25) is 0 Å². The van der Waals surface area contributed by atoms with Gasteiger partial charge in [0.05, 0.1) is 13.2 Å². The Labute approximate surface area is 78.5 Å². The van der Waals surface area contributed by atoms with E-state index in [1.807, 2.05) is 4.90 Å². The van der Waals surface area contributed by atoms with Crippen molar-refractivity contribution < 1.29 is 4.74 Å². The van der Waals surface area contributed by atoms with Crippen LogP contribution in [0.4, 0.5) is 0 Å². The lowest BCUT2D eigenvalue weighted by molar-refractivity contribution is 0.121. The number of fused-ring (bicyclic) bond motifs is 1. The van der Waals surface area contributed by atoms with Crippen molar-refractivity contribution in [1.29, 1.82) is 5.41 Å². The predicted molar refractivity (Wildman–Crippen MR) is 50.6 cm³/mol. The fourth-order valence-corrected chi connectivity index (χ4v) is 2.48. The highest BCUT2D eigenvalue weighted by atomic mass is 16.5. The van der Waals surface area contributed by atoms with E-state index in [1.165, 1.54) is 19.3 Å². The molecule has 2 rings (SSSR count). The lowest BCUT2D eigenvalue weighted by Crippen LogP contribution is -2.46. The Morgan fingerprint density at radius 1 is 1.46 bits per heavy atom. The summed E-state index contributed by atoms with van der Waals surface area (Å²) >= 11 is 0. The fourth-order valence-electron chi connectivity index (χ4n) is 2.48. The summed E-state index contributed by atoms with van der Waals surface area (Å²) in [4.78, 5) is 2.00. The first-order chi connectivity index (χ1) is 6.29. The smallest absolute Gasteiger partial charge is 0.188 e. The zero-order valence-corrected chi connectivity index (χ0v) is 7.83. The lowest BCUT2D eigenvalue weighted by atomic mass is 10.0. The Bertz CT molecular complexity index is 207. The minimum atomic E-state index is 0.211. The van der Waals surface area contributed by atoms with Crippen molar-refractivity contribution in [3.8, 4) is 0 Å². The molecule has 2 aliphatic rings. The van der Waals surface area contributed by atoms with Gasteiger partial charge in [0.25, 0.3) is 0 Å². The summed E-state index contributed by atoms with van der Waals surface area (Å²) in [5.74, 6) is 0.814. The molecule has 1 saturated heterocycles. The van der Waals surface area contributed by atoms with Crippen molar-refractivity contribution in [2.75, 3.05) is 19.8 Å². The molecule has 1 aliphatic carbocycles. The second-order valence-corrected chi connectivity index (χ2v) is 3.91. The molecule has 13 heavy (non-hydrogen) atoms. The number of nitrogens with two attached hydrogens (primary N) is 1. The van der Waals surface area contributed by atoms with Gasteiger partial charge >= 0.3 is 0 Å². The zero-order chi connectivity index (χ0) is 9.26. The van der Waals surface area contributed by atoms with Crippen LogP contribution < -0.4 is 5.73 Å². The summed E-state index contributed by atoms with van der Waals surface area (Å²) in [6.45, 7) is 2.36. The fraction of sp³-hybridized carbons (Fsp3) is 0.889. The SMILES string of the molecule is N=C(N)N1CCOC[C@@H]2CCC[C@H]21. The van der Waals surface area contributed by atoms with Gasteiger partial charge in [-0.1, -0.05) is 6.42 Å². The molecule has 0 amide bonds. The minimum Gasteiger partial charge on any atom is -0.379 e. The van der Waals surface area contributed by atoms with Crippen LogP contribution in [0.1, 0.15) is 19.3 Å². The lowest BCUT2D eigenvalue weighted by Gasteiger charge is -2.29. The van der Waals surface area contributed by atoms with Gasteiger partial charge in [0, 0.05) is 18.5 Å². The van der Waals surface area contributed by atoms with Crippen molar-refractivity contribution >= 4 is 5.96 Å². The van der Waals surface area contributed by atoms with E-state index in [0.29, 0.717) is 18.6 Å². The average Bonchev–Trinajstić information content (AvgIpc) is 2.44. The van der Waals surface area contributed by atoms with Crippen LogP contribution in [0.3, 0.4) is 0 Å². The molecule has 1 heterocycles. The highest BCUT2D eigenvalue weighted by molar-refractivity contribution is 5.75. The number of rotatable bonds is 0. The van der Waals surface area contributed by atoms with Crippen molar-refractivity contribution in [3.63, 3.8) is 0 Å². The standard InChI is InChI=1S/C9H17N3O/c10-9(11)12-4-5-13-6-7-2-1-3-8(7)12/h7-8H,1-6H2,(H3,10,11)/t7-,8+/m0/s1. The molecule has 1 aliphatic heterocycles. The van der Waals surface area contributed by atoms with Crippen molar-refractivity contribution in [3.05, 3.63) is 0 Å². The van der Waals surface area contributed by atoms with Crippen LogP contribution in [0, 0.1) is 11.3 Å². The van der Waals surface area contributed by atoms with Crippen molar-refractivity contribution in [1.82, 2.24) is 4.90 Å². The van der Waals surface area contributed by atoms with Gasteiger partial charge in [-0.25, -0.2) is 0 Å². The molecule has 0 bridgehead atoms. The Hall–Kier alpha value is -0.770. The zero-order valence-electron chi connectivity index (χ0n) is 7.83. The first-order valence-electron chi connectivity index (χ1n) is 4.97. The molecule has 2 fully saturated rings. The van der Waals surface area contributed by atoms with Crippen LogP contribution in [0.15, 0.2) is 0 Å². The molecule has 0 aromatic rings. The third kappa shape index (κ3) is 1.63. The first kappa shape index (κ1) is 8.81. The van der Waals surface area contributed by atoms with Gasteiger partial charge in [0.1, 0.15) is 0 Å². The predicted octanol–water partition coefficient (Wildman–Crippen LogP) is 0.381. The van der Waals surface area contributed by atoms with E-state index in [2.05, 4.69) is 0 Å². The van der Waals surface area contributed by atoms with Crippen LogP contribution in [0.25, 0.3) is 0 Å². The quantitative estimate of drug-likeness (QED) is 0.421. The molecule has 4 nitrogen and oxygen atoms in total. The highest BCUT2D eigenvalue weighted by Gasteiger charge is 2.34. The van der Waals surface area contributed by atoms with Gasteiger partial charge in [-0.15, -0.1) is 0 Å². The molecular weight excluding hydrogens is 166 g/mol. The maximum atomic E-state index is 7.49. The Balaban J connectivity index is 2.10. The number of hydrogen-bond donors (Lipinski definition) is 2. The molecule has 3 N–H and O–H groups in total. The Morgan fingerprint density at radius 3 is 3.08 bits per heavy atom. The average molecular weight is 183 g/mol. The largest absolute Gasteiger partial charge is 0.379 e. The van der Waals surface area contributed by atoms with E-state index < -0.39 is 0 Å². The molecule has 0 spiro atoms. The van der Waals surface area contributed by atoms with E-state index in [0.717, 1.165) is 13.2 Å². The summed E-state index contributed by atoms with van der Waals surface area (Å²) in [5, 5.41) is 7.49. The van der Waals surface area contributed by atoms with Crippen LogP contribution in [0.5, 0.6) is 0 Å². The first-order valence-corrected chi connectivity index (χ1v) is 4.97. The van der Waals surface area contributed by atoms with Crippen molar-refractivity contribution in [2.24, 2.45) is 11.7 Å². The van der Waals surface area contributed by atoms with E-state index in [9.17, 15) is 0 Å². The Morgan fingerprint density at radius 2 is 2.31 bits per heavy atom. The molecule has 74 valence electrons. The van der Waals surface area contributed by atoms with Crippen molar-refractivity contribution in [2.45, 2.75) is 25.3 Å². The van der Waals surface area contributed by atoms with Crippen LogP contribution in [-0.4, -0.2) is 36.7 Å². The van der Waals surface area contributed by atoms with Gasteiger partial charge in [-0.2, -0.15) is 0 Å². The highest BCUT2D eigenvalue weighted by Crippen LogP contribution is 2.31. The van der Waals surface area contributed by atoms with Gasteiger partial charge in [-0.05, 0) is 12.8 Å². The summed E-state index contributed by atoms with van der Waals surface area (Å²) in [6, 6.07) is 0.472. The number of ether oxygens (including phenoxy) is 1. The number of nitrogens with one attached hydrogen (secondary N) is 1. The Kier molecular flexibility index (Phi) is 2.40. The van der Waals surface area contributed by atoms with Gasteiger partial charge in [0.2, 0.25) is 0 Å². The molecule has 2 atom stereocenters. The summed E-state index contributed by atoms with van der Waals surface area (Å²) in [7, 11) is 0. The van der Waals surface area contributed by atoms with Crippen LogP contribution >= 0.6 is 0 Å². The minimum absolute atomic E-state index is 0.211. The topological polar surface area (TPSA) is 62.3 Å². The monoisotopic (exact) mass is 183 g/mol. The van der Waals surface area contributed by atoms with E-state index in [1.54, 1.807) is 0 Å². The normalized spacial score (nSPS) is 34.0. The third-order valence-electron chi connectivity index (χ3n) is 3.14. The molecule has 1 saturated carbocycles. The van der Waals surface area contributed by atoms with Crippen LogP contribution in [-0.2, 0) is 4.74 Å². The molecular formula is C9H17N3O. The van der Waals surface area contributed by atoms with Gasteiger partial charge in [0.15, 0.2) is 5.96 Å². The summed E-state index contributed by atoms with van der Waals surface area (Å²) < 4.78 is 5.49. The molecule has 0 radical (unpaired) electrons. The second kappa shape index (κ2) is 3.54. The van der Waals surface area contributed by atoms with Gasteiger partial charge < -0.3 is 15.4 Å². The van der Waals surface area contributed by atoms with E-state index >= 15 is 0 Å². The van der Waals surface area contributed by atoms with E-state index in [-0.39, 0.29) is 5.96 Å². The molecule has 0 aromatic heterocycles. The number of guanidine groups is 1. The maximum Gasteiger partial charge on any atom is 0.188 e.